The number of hydrogen-bond donors (Lipinski definition) is 1. The summed E-state index contributed by atoms with van der Waals surface area (Å²) >= 11 is 0. The molecule has 0 aliphatic heterocycles. The summed E-state index contributed by atoms with van der Waals surface area (Å²) in [5.41, 5.74) is 2.03. The van der Waals surface area contributed by atoms with Crippen molar-refractivity contribution in [3.63, 3.8) is 0 Å². The summed E-state index contributed by atoms with van der Waals surface area (Å²) in [6, 6.07) is 7.93. The maximum absolute atomic E-state index is 11.9. The Morgan fingerprint density at radius 3 is 2.50 bits per heavy atom. The molecule has 0 amide bonds. The number of aromatic carboxylic acids is 1. The van der Waals surface area contributed by atoms with Crippen LogP contribution in [0, 0.1) is 24.7 Å². The number of nitrogens with zero attached hydrogens (tertiary/aromatic N) is 1. The fraction of sp³-hybridized carbons (Fsp3) is 0.524. The molecule has 0 radical (unpaired) electrons. The minimum absolute atomic E-state index is 0.00896. The van der Waals surface area contributed by atoms with Gasteiger partial charge in [-0.3, -0.25) is 0 Å². The maximum atomic E-state index is 11.9. The molecule has 26 heavy (non-hydrogen) atoms. The zero-order valence-corrected chi connectivity index (χ0v) is 16.7. The van der Waals surface area contributed by atoms with Crippen LogP contribution in [0.25, 0.3) is 10.6 Å². The lowest BCUT2D eigenvalue weighted by atomic mass is 9.77. The van der Waals surface area contributed by atoms with E-state index in [0.717, 1.165) is 24.0 Å². The zero-order chi connectivity index (χ0) is 19.0. The standard InChI is InChI=1S/C21H27NO3S/c1-12(2)16-10-7-14(4)11-17(16)26-18(21(24)25)19(23)22-20(26)15-8-5-13(3)6-9-15/h5-6,8-9,12,14,16-17H,7,10-11H2,1-4H3,(H-,23,24,25)/t14-,16+,17-,26?/m1/s1. The second-order valence-corrected chi connectivity index (χ2v) is 10.0. The lowest BCUT2D eigenvalue weighted by Gasteiger charge is -2.33. The molecule has 4 nitrogen and oxygen atoms in total. The van der Waals surface area contributed by atoms with Gasteiger partial charge in [0, 0.05) is 22.8 Å². The van der Waals surface area contributed by atoms with Gasteiger partial charge < -0.3 is 15.0 Å². The highest BCUT2D eigenvalue weighted by Crippen LogP contribution is 2.57. The molecular formula is C21H27NO3S. The second kappa shape index (κ2) is 7.39. The van der Waals surface area contributed by atoms with E-state index in [0.29, 0.717) is 22.8 Å². The van der Waals surface area contributed by atoms with Crippen LogP contribution in [0.5, 0.6) is 5.88 Å². The molecule has 1 aliphatic carbocycles. The smallest absolute Gasteiger partial charge is 0.279 e. The summed E-state index contributed by atoms with van der Waals surface area (Å²) < 4.78 is 0. The highest BCUT2D eigenvalue weighted by atomic mass is 32.2. The molecule has 1 aliphatic rings. The number of aromatic hydroxyl groups is 1. The highest BCUT2D eigenvalue weighted by Gasteiger charge is 2.44. The third-order valence-electron chi connectivity index (χ3n) is 5.59. The van der Waals surface area contributed by atoms with Gasteiger partial charge >= 0.3 is 0 Å². The molecule has 1 aromatic carbocycles. The van der Waals surface area contributed by atoms with Gasteiger partial charge in [0.05, 0.1) is 5.56 Å². The predicted molar refractivity (Wildman–Crippen MR) is 103 cm³/mol. The summed E-state index contributed by atoms with van der Waals surface area (Å²) in [5.74, 6) is -0.231. The molecule has 1 saturated carbocycles. The monoisotopic (exact) mass is 373 g/mol. The van der Waals surface area contributed by atoms with Gasteiger partial charge in [-0.25, -0.2) is 0 Å². The van der Waals surface area contributed by atoms with Crippen molar-refractivity contribution in [1.82, 2.24) is 4.98 Å². The Labute approximate surface area is 157 Å². The van der Waals surface area contributed by atoms with E-state index in [9.17, 15) is 15.0 Å². The van der Waals surface area contributed by atoms with Gasteiger partial charge in [0.2, 0.25) is 0 Å². The molecular weight excluding hydrogens is 346 g/mol. The number of benzene rings is 1. The molecule has 2 aromatic rings. The first-order chi connectivity index (χ1) is 12.3. The van der Waals surface area contributed by atoms with Crippen LogP contribution in [0.2, 0.25) is 0 Å². The number of carboxylic acid groups (broad SMARTS) is 1. The van der Waals surface area contributed by atoms with Gasteiger partial charge in [-0.1, -0.05) is 44.9 Å². The Balaban J connectivity index is 2.19. The normalized spacial score (nSPS) is 24.0. The average molecular weight is 374 g/mol. The van der Waals surface area contributed by atoms with Crippen molar-refractivity contribution in [2.24, 2.45) is 17.8 Å². The Morgan fingerprint density at radius 1 is 1.27 bits per heavy atom. The molecule has 1 N–H and O–H groups in total. The summed E-state index contributed by atoms with van der Waals surface area (Å²) in [7, 11) is -0.761. The van der Waals surface area contributed by atoms with Crippen LogP contribution in [0.3, 0.4) is 0 Å². The zero-order valence-electron chi connectivity index (χ0n) is 15.9. The van der Waals surface area contributed by atoms with Crippen molar-refractivity contribution in [3.05, 3.63) is 34.7 Å². The first-order valence-electron chi connectivity index (χ1n) is 9.33. The van der Waals surface area contributed by atoms with Crippen LogP contribution in [0.4, 0.5) is 0 Å². The second-order valence-electron chi connectivity index (χ2n) is 7.93. The largest absolute Gasteiger partial charge is 0.540 e. The van der Waals surface area contributed by atoms with E-state index in [-0.39, 0.29) is 16.0 Å². The summed E-state index contributed by atoms with van der Waals surface area (Å²) in [5, 5.41) is 23.1. The van der Waals surface area contributed by atoms with Crippen molar-refractivity contribution >= 4 is 16.4 Å². The van der Waals surface area contributed by atoms with E-state index in [2.05, 4.69) is 25.8 Å². The molecule has 1 fully saturated rings. The van der Waals surface area contributed by atoms with Gasteiger partial charge in [0.25, 0.3) is 15.8 Å². The molecule has 4 atom stereocenters. The fourth-order valence-corrected chi connectivity index (χ4v) is 7.24. The van der Waals surface area contributed by atoms with E-state index >= 15 is 0 Å². The van der Waals surface area contributed by atoms with Gasteiger partial charge in [-0.05, 0) is 37.3 Å². The van der Waals surface area contributed by atoms with Gasteiger partial charge in [-0.15, -0.1) is 0 Å². The van der Waals surface area contributed by atoms with E-state index in [4.69, 9.17) is 0 Å². The Hall–Kier alpha value is -1.88. The third-order valence-corrected chi connectivity index (χ3v) is 8.27. The van der Waals surface area contributed by atoms with Crippen molar-refractivity contribution in [2.45, 2.75) is 52.2 Å². The van der Waals surface area contributed by atoms with Gasteiger partial charge in [-0.2, -0.15) is 4.98 Å². The van der Waals surface area contributed by atoms with Crippen molar-refractivity contribution < 1.29 is 15.0 Å². The first kappa shape index (κ1) is 18.9. The van der Waals surface area contributed by atoms with Crippen LogP contribution in [0.1, 0.15) is 60.5 Å². The maximum Gasteiger partial charge on any atom is 0.279 e. The lowest BCUT2D eigenvalue weighted by Crippen LogP contribution is -2.26. The van der Waals surface area contributed by atoms with Crippen LogP contribution < -0.4 is 5.11 Å². The SMILES string of the molecule is Cc1ccc(-c2nc(O)c(C(=O)[O-])[s+]2[C@@H]2C[C@H](C)CC[C@H]2C(C)C)cc1. The molecule has 140 valence electrons. The number of aromatic nitrogens is 1. The van der Waals surface area contributed by atoms with Crippen LogP contribution in [-0.2, 0) is 0 Å². The molecule has 1 heterocycles. The molecule has 1 unspecified atom stereocenters. The third kappa shape index (κ3) is 3.50. The topological polar surface area (TPSA) is 73.2 Å². The number of carboxylic acids is 1. The average Bonchev–Trinajstić information content (AvgIpc) is 2.92. The molecule has 0 spiro atoms. The van der Waals surface area contributed by atoms with Gasteiger partial charge in [0.1, 0.15) is 11.2 Å². The number of rotatable bonds is 4. The van der Waals surface area contributed by atoms with E-state index in [1.54, 1.807) is 0 Å². The lowest BCUT2D eigenvalue weighted by molar-refractivity contribution is -0.254. The van der Waals surface area contributed by atoms with Crippen molar-refractivity contribution in [2.75, 3.05) is 0 Å². The Morgan fingerprint density at radius 2 is 1.92 bits per heavy atom. The molecule has 5 heteroatoms. The minimum Gasteiger partial charge on any atom is -0.540 e. The first-order valence-corrected chi connectivity index (χ1v) is 10.6. The summed E-state index contributed by atoms with van der Waals surface area (Å²) in [4.78, 5) is 16.2. The minimum atomic E-state index is -1.29. The Kier molecular flexibility index (Phi) is 5.37. The molecule has 1 aromatic heterocycles. The van der Waals surface area contributed by atoms with Crippen molar-refractivity contribution in [3.8, 4) is 16.5 Å². The van der Waals surface area contributed by atoms with E-state index in [1.807, 2.05) is 31.2 Å². The van der Waals surface area contributed by atoms with Crippen LogP contribution in [-0.4, -0.2) is 16.1 Å². The number of thiazole rings is 1. The molecule has 3 rings (SSSR count). The summed E-state index contributed by atoms with van der Waals surface area (Å²) in [6.45, 7) is 8.66. The number of hydrogen-bond acceptors (Lipinski definition) is 4. The van der Waals surface area contributed by atoms with E-state index < -0.39 is 16.4 Å². The van der Waals surface area contributed by atoms with Crippen LogP contribution >= 0.6 is 10.5 Å². The molecule has 0 bridgehead atoms. The summed E-state index contributed by atoms with van der Waals surface area (Å²) in [6.07, 6.45) is 3.22. The number of aryl methyl sites for hydroxylation is 1. The molecule has 0 saturated heterocycles. The fourth-order valence-electron chi connectivity index (χ4n) is 4.14. The van der Waals surface area contributed by atoms with Crippen LogP contribution in [0.15, 0.2) is 24.3 Å². The van der Waals surface area contributed by atoms with E-state index in [1.165, 1.54) is 6.42 Å². The van der Waals surface area contributed by atoms with Gasteiger partial charge in [0.15, 0.2) is 0 Å². The number of carbonyl (C=O) groups is 1. The van der Waals surface area contributed by atoms with Crippen molar-refractivity contribution in [1.29, 1.82) is 0 Å². The predicted octanol–water partition coefficient (Wildman–Crippen LogP) is 4.51. The Bertz CT molecular complexity index is 794. The highest BCUT2D eigenvalue weighted by molar-refractivity contribution is 7.36. The number of carbonyl (C=O) groups excluding carboxylic acids is 1. The quantitative estimate of drug-likeness (QED) is 0.800.